The van der Waals surface area contributed by atoms with E-state index in [0.29, 0.717) is 30.5 Å². The molecule has 0 saturated carbocycles. The number of benzene rings is 1. The Morgan fingerprint density at radius 3 is 2.77 bits per heavy atom. The van der Waals surface area contributed by atoms with E-state index in [2.05, 4.69) is 15.8 Å². The molecule has 1 heterocycles. The number of nitrogens with one attached hydrogen (secondary N) is 2. The van der Waals surface area contributed by atoms with Crippen molar-refractivity contribution in [3.05, 3.63) is 41.0 Å². The second kappa shape index (κ2) is 8.53. The zero-order valence-electron chi connectivity index (χ0n) is 12.3. The Morgan fingerprint density at radius 2 is 2.05 bits per heavy atom. The Hall–Kier alpha value is -1.89. The average molecular weight is 324 g/mol. The van der Waals surface area contributed by atoms with Gasteiger partial charge in [-0.25, -0.2) is 0 Å². The van der Waals surface area contributed by atoms with Crippen molar-refractivity contribution < 1.29 is 14.1 Å². The molecular formula is C15H18ClN3O3. The number of carbonyl (C=O) groups excluding carboxylic acids is 1. The highest BCUT2D eigenvalue weighted by Gasteiger charge is 2.13. The minimum atomic E-state index is -0.266. The van der Waals surface area contributed by atoms with Crippen LogP contribution in [0.2, 0.25) is 5.02 Å². The van der Waals surface area contributed by atoms with Crippen LogP contribution in [-0.2, 0) is 4.74 Å². The monoisotopic (exact) mass is 323 g/mol. The van der Waals surface area contributed by atoms with Gasteiger partial charge < -0.3 is 19.9 Å². The molecule has 0 unspecified atom stereocenters. The van der Waals surface area contributed by atoms with Crippen molar-refractivity contribution in [2.24, 2.45) is 0 Å². The first kappa shape index (κ1) is 16.5. The van der Waals surface area contributed by atoms with Gasteiger partial charge in [-0.2, -0.15) is 0 Å². The minimum absolute atomic E-state index is 0.252. The number of hydrogen-bond acceptors (Lipinski definition) is 5. The quantitative estimate of drug-likeness (QED) is 0.726. The molecule has 0 fully saturated rings. The van der Waals surface area contributed by atoms with Gasteiger partial charge in [0.1, 0.15) is 0 Å². The van der Waals surface area contributed by atoms with E-state index in [4.69, 9.17) is 20.9 Å². The summed E-state index contributed by atoms with van der Waals surface area (Å²) in [5, 5.41) is 10.3. The number of carbonyl (C=O) groups is 1. The molecule has 6 nitrogen and oxygen atoms in total. The summed E-state index contributed by atoms with van der Waals surface area (Å²) >= 11 is 5.83. The maximum Gasteiger partial charge on any atom is 0.273 e. The molecule has 0 aliphatic heterocycles. The Kier molecular flexibility index (Phi) is 6.39. The van der Waals surface area contributed by atoms with Crippen molar-refractivity contribution >= 4 is 17.5 Å². The van der Waals surface area contributed by atoms with Gasteiger partial charge in [0.2, 0.25) is 0 Å². The van der Waals surface area contributed by atoms with E-state index in [1.807, 2.05) is 12.1 Å². The molecule has 0 aliphatic carbocycles. The van der Waals surface area contributed by atoms with Crippen molar-refractivity contribution in [3.8, 4) is 11.3 Å². The lowest BCUT2D eigenvalue weighted by Crippen LogP contribution is -2.33. The smallest absolute Gasteiger partial charge is 0.273 e. The topological polar surface area (TPSA) is 76.4 Å². The van der Waals surface area contributed by atoms with E-state index >= 15 is 0 Å². The van der Waals surface area contributed by atoms with Crippen LogP contribution in [0.3, 0.4) is 0 Å². The molecule has 22 heavy (non-hydrogen) atoms. The average Bonchev–Trinajstić information content (AvgIpc) is 3.01. The number of hydrogen-bond donors (Lipinski definition) is 2. The normalized spacial score (nSPS) is 10.6. The fraction of sp³-hybridized carbons (Fsp3) is 0.333. The second-order valence-corrected chi connectivity index (χ2v) is 5.02. The molecule has 0 aliphatic rings. The van der Waals surface area contributed by atoms with Gasteiger partial charge in [-0.3, -0.25) is 4.79 Å². The highest BCUT2D eigenvalue weighted by molar-refractivity contribution is 6.30. The first-order valence-electron chi connectivity index (χ1n) is 6.91. The van der Waals surface area contributed by atoms with Crippen LogP contribution in [0.4, 0.5) is 0 Å². The third-order valence-corrected chi connectivity index (χ3v) is 3.19. The lowest BCUT2D eigenvalue weighted by molar-refractivity contribution is 0.0944. The van der Waals surface area contributed by atoms with E-state index in [1.54, 1.807) is 25.3 Å². The summed E-state index contributed by atoms with van der Waals surface area (Å²) in [5.41, 5.74) is 1.07. The van der Waals surface area contributed by atoms with Crippen LogP contribution in [0, 0.1) is 0 Å². The molecule has 1 aromatic heterocycles. The molecular weight excluding hydrogens is 306 g/mol. The number of ether oxygens (including phenoxy) is 1. The fourth-order valence-electron chi connectivity index (χ4n) is 1.79. The standard InChI is InChI=1S/C15H18ClN3O3/c1-21-9-8-17-6-7-18-15(20)13-10-14(22-19-13)11-2-4-12(16)5-3-11/h2-5,10,17H,6-9H2,1H3,(H,18,20). The number of aromatic nitrogens is 1. The fourth-order valence-corrected chi connectivity index (χ4v) is 1.91. The summed E-state index contributed by atoms with van der Waals surface area (Å²) in [6.45, 7) is 2.56. The van der Waals surface area contributed by atoms with E-state index in [-0.39, 0.29) is 11.6 Å². The number of rotatable bonds is 8. The predicted octanol–water partition coefficient (Wildman–Crippen LogP) is 1.96. The molecule has 2 rings (SSSR count). The lowest BCUT2D eigenvalue weighted by atomic mass is 10.1. The SMILES string of the molecule is COCCNCCNC(=O)c1cc(-c2ccc(Cl)cc2)on1. The summed E-state index contributed by atoms with van der Waals surface area (Å²) in [7, 11) is 1.65. The first-order valence-corrected chi connectivity index (χ1v) is 7.29. The van der Waals surface area contributed by atoms with Crippen LogP contribution in [0.25, 0.3) is 11.3 Å². The lowest BCUT2D eigenvalue weighted by Gasteiger charge is -2.04. The van der Waals surface area contributed by atoms with E-state index in [0.717, 1.165) is 12.1 Å². The van der Waals surface area contributed by atoms with Crippen LogP contribution in [0.5, 0.6) is 0 Å². The van der Waals surface area contributed by atoms with Crippen LogP contribution >= 0.6 is 11.6 Å². The largest absolute Gasteiger partial charge is 0.383 e. The van der Waals surface area contributed by atoms with Gasteiger partial charge in [-0.15, -0.1) is 0 Å². The number of halogens is 1. The molecule has 7 heteroatoms. The molecule has 1 amide bonds. The third-order valence-electron chi connectivity index (χ3n) is 2.94. The number of methoxy groups -OCH3 is 1. The zero-order chi connectivity index (χ0) is 15.8. The van der Waals surface area contributed by atoms with Gasteiger partial charge in [0, 0.05) is 43.4 Å². The predicted molar refractivity (Wildman–Crippen MR) is 84.0 cm³/mol. The van der Waals surface area contributed by atoms with Gasteiger partial charge >= 0.3 is 0 Å². The van der Waals surface area contributed by atoms with Gasteiger partial charge in [0.05, 0.1) is 6.61 Å². The highest BCUT2D eigenvalue weighted by Crippen LogP contribution is 2.22. The molecule has 0 saturated heterocycles. The van der Waals surface area contributed by atoms with Crippen LogP contribution in [0.1, 0.15) is 10.5 Å². The number of nitrogens with zero attached hydrogens (tertiary/aromatic N) is 1. The van der Waals surface area contributed by atoms with Crippen molar-refractivity contribution in [2.75, 3.05) is 33.4 Å². The van der Waals surface area contributed by atoms with Crippen molar-refractivity contribution in [1.82, 2.24) is 15.8 Å². The molecule has 1 aromatic carbocycles. The molecule has 0 radical (unpaired) electrons. The van der Waals surface area contributed by atoms with Crippen molar-refractivity contribution in [3.63, 3.8) is 0 Å². The maximum atomic E-state index is 11.9. The van der Waals surface area contributed by atoms with Gasteiger partial charge in [-0.05, 0) is 24.3 Å². The second-order valence-electron chi connectivity index (χ2n) is 4.58. The Bertz CT molecular complexity index is 598. The molecule has 2 N–H and O–H groups in total. The maximum absolute atomic E-state index is 11.9. The van der Waals surface area contributed by atoms with Gasteiger partial charge in [-0.1, -0.05) is 16.8 Å². The third kappa shape index (κ3) is 4.84. The van der Waals surface area contributed by atoms with Crippen LogP contribution in [-0.4, -0.2) is 44.4 Å². The van der Waals surface area contributed by atoms with Crippen LogP contribution < -0.4 is 10.6 Å². The Labute approximate surface area is 133 Å². The zero-order valence-corrected chi connectivity index (χ0v) is 13.0. The molecule has 0 bridgehead atoms. The van der Waals surface area contributed by atoms with E-state index in [1.165, 1.54) is 0 Å². The molecule has 0 spiro atoms. The van der Waals surface area contributed by atoms with E-state index in [9.17, 15) is 4.79 Å². The summed E-state index contributed by atoms with van der Waals surface area (Å²) in [6.07, 6.45) is 0. The summed E-state index contributed by atoms with van der Waals surface area (Å²) in [6, 6.07) is 8.74. The van der Waals surface area contributed by atoms with Crippen LogP contribution in [0.15, 0.2) is 34.9 Å². The Morgan fingerprint density at radius 1 is 1.27 bits per heavy atom. The number of amides is 1. The summed E-state index contributed by atoms with van der Waals surface area (Å²) < 4.78 is 10.1. The summed E-state index contributed by atoms with van der Waals surface area (Å²) in [5.74, 6) is 0.262. The molecule has 0 atom stereocenters. The van der Waals surface area contributed by atoms with Crippen molar-refractivity contribution in [1.29, 1.82) is 0 Å². The minimum Gasteiger partial charge on any atom is -0.383 e. The Balaban J connectivity index is 1.83. The molecule has 2 aromatic rings. The van der Waals surface area contributed by atoms with Gasteiger partial charge in [0.25, 0.3) is 5.91 Å². The van der Waals surface area contributed by atoms with Crippen molar-refractivity contribution in [2.45, 2.75) is 0 Å². The highest BCUT2D eigenvalue weighted by atomic mass is 35.5. The van der Waals surface area contributed by atoms with E-state index < -0.39 is 0 Å². The first-order chi connectivity index (χ1) is 10.7. The summed E-state index contributed by atoms with van der Waals surface area (Å²) in [4.78, 5) is 11.9. The van der Waals surface area contributed by atoms with Gasteiger partial charge in [0.15, 0.2) is 11.5 Å². The molecule has 118 valence electrons.